The zero-order chi connectivity index (χ0) is 13.8. The molecular weight excluding hydrogens is 440 g/mol. The lowest BCUT2D eigenvalue weighted by molar-refractivity contribution is 0.274. The average molecular weight is 451 g/mol. The van der Waals surface area contributed by atoms with Crippen molar-refractivity contribution in [3.63, 3.8) is 0 Å². The van der Waals surface area contributed by atoms with E-state index < -0.39 is 0 Å². The van der Waals surface area contributed by atoms with Crippen molar-refractivity contribution in [1.82, 2.24) is 4.98 Å². The van der Waals surface area contributed by atoms with Crippen LogP contribution in [0.4, 0.5) is 5.69 Å². The normalized spacial score (nSPS) is 12.2. The number of rotatable bonds is 4. The maximum Gasteiger partial charge on any atom is 0.0929 e. The van der Waals surface area contributed by atoms with E-state index in [0.29, 0.717) is 0 Å². The minimum absolute atomic E-state index is 0.0384. The van der Waals surface area contributed by atoms with Crippen LogP contribution in [0, 0.1) is 0 Å². The number of aliphatic hydroxyl groups is 1. The molecule has 2 N–H and O–H groups in total. The first-order chi connectivity index (χ1) is 9.10. The quantitative estimate of drug-likeness (QED) is 0.720. The van der Waals surface area contributed by atoms with E-state index in [4.69, 9.17) is 0 Å². The SMILES string of the molecule is OCC(Nc1ccc(Br)cc1)c1ncc(Br)cc1Br. The summed E-state index contributed by atoms with van der Waals surface area (Å²) in [5, 5.41) is 12.8. The van der Waals surface area contributed by atoms with Crippen LogP contribution in [0.3, 0.4) is 0 Å². The van der Waals surface area contributed by atoms with Crippen LogP contribution in [-0.2, 0) is 0 Å². The fraction of sp³-hybridized carbons (Fsp3) is 0.154. The smallest absolute Gasteiger partial charge is 0.0929 e. The van der Waals surface area contributed by atoms with Crippen molar-refractivity contribution in [2.24, 2.45) is 0 Å². The van der Waals surface area contributed by atoms with E-state index in [-0.39, 0.29) is 12.6 Å². The van der Waals surface area contributed by atoms with Crippen molar-refractivity contribution in [3.8, 4) is 0 Å². The summed E-state index contributed by atoms with van der Waals surface area (Å²) < 4.78 is 2.76. The Bertz CT molecular complexity index is 560. The zero-order valence-corrected chi connectivity index (χ0v) is 14.5. The van der Waals surface area contributed by atoms with Gasteiger partial charge in [-0.3, -0.25) is 4.98 Å². The monoisotopic (exact) mass is 448 g/mol. The number of anilines is 1. The molecule has 3 nitrogen and oxygen atoms in total. The Hall–Kier alpha value is -0.430. The molecule has 0 amide bonds. The van der Waals surface area contributed by atoms with Crippen LogP contribution in [-0.4, -0.2) is 16.7 Å². The maximum absolute atomic E-state index is 9.54. The molecule has 2 aromatic rings. The first-order valence-corrected chi connectivity index (χ1v) is 7.92. The van der Waals surface area contributed by atoms with Crippen LogP contribution >= 0.6 is 47.8 Å². The lowest BCUT2D eigenvalue weighted by Crippen LogP contribution is -2.16. The molecule has 6 heteroatoms. The molecule has 100 valence electrons. The topological polar surface area (TPSA) is 45.1 Å². The molecule has 0 fully saturated rings. The third kappa shape index (κ3) is 4.02. The Morgan fingerprint density at radius 1 is 1.11 bits per heavy atom. The molecule has 1 aromatic heterocycles. The fourth-order valence-corrected chi connectivity index (χ4v) is 3.16. The van der Waals surface area contributed by atoms with Crippen molar-refractivity contribution in [2.75, 3.05) is 11.9 Å². The third-order valence-electron chi connectivity index (χ3n) is 2.53. The molecule has 19 heavy (non-hydrogen) atoms. The van der Waals surface area contributed by atoms with Crippen molar-refractivity contribution >= 4 is 53.5 Å². The van der Waals surface area contributed by atoms with Gasteiger partial charge in [-0.25, -0.2) is 0 Å². The maximum atomic E-state index is 9.54. The van der Waals surface area contributed by atoms with Gasteiger partial charge in [0.15, 0.2) is 0 Å². The van der Waals surface area contributed by atoms with Gasteiger partial charge in [0.25, 0.3) is 0 Å². The number of nitrogens with zero attached hydrogens (tertiary/aromatic N) is 1. The molecule has 0 aliphatic heterocycles. The standard InChI is InChI=1S/C13H11Br3N2O/c14-8-1-3-10(4-2-8)18-12(7-19)13-11(16)5-9(15)6-17-13/h1-6,12,18-19H,7H2. The van der Waals surface area contributed by atoms with Gasteiger partial charge in [0.1, 0.15) is 0 Å². The third-order valence-corrected chi connectivity index (χ3v) is 4.13. The Morgan fingerprint density at radius 3 is 2.37 bits per heavy atom. The van der Waals surface area contributed by atoms with Gasteiger partial charge in [-0.05, 0) is 62.2 Å². The molecule has 0 radical (unpaired) electrons. The molecule has 0 aliphatic rings. The van der Waals surface area contributed by atoms with Gasteiger partial charge in [0.2, 0.25) is 0 Å². The van der Waals surface area contributed by atoms with Gasteiger partial charge in [0, 0.05) is 25.3 Å². The summed E-state index contributed by atoms with van der Waals surface area (Å²) in [4.78, 5) is 4.34. The van der Waals surface area contributed by atoms with E-state index in [2.05, 4.69) is 58.1 Å². The Kier molecular flexibility index (Phi) is 5.38. The Labute approximate surface area is 136 Å². The summed E-state index contributed by atoms with van der Waals surface area (Å²) in [7, 11) is 0. The number of halogens is 3. The summed E-state index contributed by atoms with van der Waals surface area (Å²) in [6.07, 6.45) is 1.71. The minimum atomic E-state index is -0.261. The molecule has 1 unspecified atom stereocenters. The highest BCUT2D eigenvalue weighted by Gasteiger charge is 2.15. The van der Waals surface area contributed by atoms with E-state index in [1.54, 1.807) is 6.20 Å². The molecular formula is C13H11Br3N2O. The second kappa shape index (κ2) is 6.83. The van der Waals surface area contributed by atoms with Crippen LogP contribution in [0.1, 0.15) is 11.7 Å². The number of hydrogen-bond acceptors (Lipinski definition) is 3. The van der Waals surface area contributed by atoms with E-state index in [9.17, 15) is 5.11 Å². The van der Waals surface area contributed by atoms with Crippen LogP contribution in [0.25, 0.3) is 0 Å². The fourth-order valence-electron chi connectivity index (χ4n) is 1.63. The predicted molar refractivity (Wildman–Crippen MR) is 87.2 cm³/mol. The van der Waals surface area contributed by atoms with Crippen molar-refractivity contribution in [1.29, 1.82) is 0 Å². The van der Waals surface area contributed by atoms with Gasteiger partial charge in [-0.1, -0.05) is 15.9 Å². The summed E-state index contributed by atoms with van der Waals surface area (Å²) in [5.41, 5.74) is 1.70. The van der Waals surface area contributed by atoms with Crippen LogP contribution in [0.2, 0.25) is 0 Å². The van der Waals surface area contributed by atoms with Crippen molar-refractivity contribution in [3.05, 3.63) is 55.6 Å². The molecule has 2 rings (SSSR count). The highest BCUT2D eigenvalue weighted by molar-refractivity contribution is 9.11. The number of hydrogen-bond donors (Lipinski definition) is 2. The van der Waals surface area contributed by atoms with Gasteiger partial charge < -0.3 is 10.4 Å². The van der Waals surface area contributed by atoms with E-state index in [1.165, 1.54) is 0 Å². The summed E-state index contributed by atoms with van der Waals surface area (Å²) in [6, 6.07) is 9.43. The lowest BCUT2D eigenvalue weighted by atomic mass is 10.2. The van der Waals surface area contributed by atoms with Crippen molar-refractivity contribution < 1.29 is 5.11 Å². The lowest BCUT2D eigenvalue weighted by Gasteiger charge is -2.18. The highest BCUT2D eigenvalue weighted by Crippen LogP contribution is 2.27. The van der Waals surface area contributed by atoms with E-state index >= 15 is 0 Å². The minimum Gasteiger partial charge on any atom is -0.394 e. The molecule has 1 heterocycles. The summed E-state index contributed by atoms with van der Waals surface area (Å²) >= 11 is 10.2. The van der Waals surface area contributed by atoms with Crippen LogP contribution < -0.4 is 5.32 Å². The molecule has 0 saturated carbocycles. The van der Waals surface area contributed by atoms with Gasteiger partial charge in [0.05, 0.1) is 18.3 Å². The Morgan fingerprint density at radius 2 is 1.79 bits per heavy atom. The van der Waals surface area contributed by atoms with E-state index in [1.807, 2.05) is 30.3 Å². The molecule has 1 aromatic carbocycles. The second-order valence-corrected chi connectivity index (χ2v) is 6.59. The number of aromatic nitrogens is 1. The van der Waals surface area contributed by atoms with Crippen molar-refractivity contribution in [2.45, 2.75) is 6.04 Å². The number of pyridine rings is 1. The number of aliphatic hydroxyl groups excluding tert-OH is 1. The largest absolute Gasteiger partial charge is 0.394 e. The first kappa shape index (κ1) is 15.0. The van der Waals surface area contributed by atoms with Crippen LogP contribution in [0.15, 0.2) is 49.9 Å². The van der Waals surface area contributed by atoms with Gasteiger partial charge >= 0.3 is 0 Å². The van der Waals surface area contributed by atoms with Gasteiger partial charge in [-0.2, -0.15) is 0 Å². The molecule has 0 spiro atoms. The number of benzene rings is 1. The first-order valence-electron chi connectivity index (χ1n) is 5.54. The predicted octanol–water partition coefficient (Wildman–Crippen LogP) is 4.51. The molecule has 0 bridgehead atoms. The van der Waals surface area contributed by atoms with E-state index in [0.717, 1.165) is 24.8 Å². The Balaban J connectivity index is 2.22. The average Bonchev–Trinajstić information content (AvgIpc) is 2.39. The highest BCUT2D eigenvalue weighted by atomic mass is 79.9. The van der Waals surface area contributed by atoms with Gasteiger partial charge in [-0.15, -0.1) is 0 Å². The molecule has 0 saturated heterocycles. The molecule has 0 aliphatic carbocycles. The summed E-state index contributed by atoms with van der Waals surface area (Å²) in [6.45, 7) is -0.0384. The second-order valence-electron chi connectivity index (χ2n) is 3.91. The van der Waals surface area contributed by atoms with Crippen LogP contribution in [0.5, 0.6) is 0 Å². The molecule has 1 atom stereocenters. The summed E-state index contributed by atoms with van der Waals surface area (Å²) in [5.74, 6) is 0. The number of nitrogens with one attached hydrogen (secondary N) is 1. The zero-order valence-electron chi connectivity index (χ0n) is 9.78.